The molecule has 0 rings (SSSR count). The summed E-state index contributed by atoms with van der Waals surface area (Å²) in [5.41, 5.74) is -10.4. The molecule has 0 spiro atoms. The summed E-state index contributed by atoms with van der Waals surface area (Å²) in [7, 11) is 0. The lowest BCUT2D eigenvalue weighted by Crippen LogP contribution is -2.86. The van der Waals surface area contributed by atoms with Gasteiger partial charge in [0.1, 0.15) is 9.85 Å². The Kier molecular flexibility index (Phi) is 5.39. The number of aliphatic carboxylic acids is 1. The third-order valence-electron chi connectivity index (χ3n) is 3.51. The van der Waals surface area contributed by atoms with Crippen LogP contribution in [-0.4, -0.2) is 57.6 Å². The molecule has 0 aliphatic rings. The summed E-state index contributed by atoms with van der Waals surface area (Å²) in [4.78, 5) is 62.6. The van der Waals surface area contributed by atoms with Crippen molar-refractivity contribution in [1.82, 2.24) is 0 Å². The average Bonchev–Trinajstić information content (AvgIpc) is 2.44. The van der Waals surface area contributed by atoms with Gasteiger partial charge in [-0.2, -0.15) is 0 Å². The number of carboxylic acids is 1. The number of hydrogen-bond acceptors (Lipinski definition) is 13. The number of carboxylic acid groups (broad SMARTS) is 1. The normalized spacial score (nSPS) is 13.9. The summed E-state index contributed by atoms with van der Waals surface area (Å²) in [5, 5.41) is 76.1. The Morgan fingerprint density at radius 2 is 1.04 bits per heavy atom. The lowest BCUT2D eigenvalue weighted by molar-refractivity contribution is -1.06. The summed E-state index contributed by atoms with van der Waals surface area (Å²) < 4.78 is 0. The quantitative estimate of drug-likeness (QED) is 0.247. The van der Waals surface area contributed by atoms with Gasteiger partial charge in [0.2, 0.25) is 0 Å². The summed E-state index contributed by atoms with van der Waals surface area (Å²) in [6, 6.07) is 0. The molecule has 0 radical (unpaired) electrons. The van der Waals surface area contributed by atoms with E-state index in [0.717, 1.165) is 0 Å². The van der Waals surface area contributed by atoms with Gasteiger partial charge in [0.25, 0.3) is 0 Å². The zero-order chi connectivity index (χ0) is 21.2. The molecule has 1 atom stereocenters. The number of nitrogens with zero attached hydrogens (tertiary/aromatic N) is 6. The maximum absolute atomic E-state index is 11.3. The second-order valence-electron chi connectivity index (χ2n) is 4.37. The van der Waals surface area contributed by atoms with E-state index < -0.39 is 58.9 Å². The fraction of sp³-hybridized carbons (Fsp3) is 0.833. The molecule has 1 N–H and O–H groups in total. The first-order chi connectivity index (χ1) is 11.7. The third-order valence-corrected chi connectivity index (χ3v) is 3.51. The number of nitro groups is 6. The summed E-state index contributed by atoms with van der Waals surface area (Å²) >= 11 is 0. The summed E-state index contributed by atoms with van der Waals surface area (Å²) in [5.74, 6) is -8.85. The van der Waals surface area contributed by atoms with E-state index in [1.54, 1.807) is 0 Å². The van der Waals surface area contributed by atoms with E-state index in [0.29, 0.717) is 6.92 Å². The zero-order valence-corrected chi connectivity index (χ0v) is 12.1. The van der Waals surface area contributed by atoms with Crippen molar-refractivity contribution in [3.8, 4) is 0 Å². The maximum Gasteiger partial charge on any atom is 0.850 e. The lowest BCUT2D eigenvalue weighted by atomic mass is 9.77. The van der Waals surface area contributed by atoms with Crippen molar-refractivity contribution in [2.24, 2.45) is 0 Å². The van der Waals surface area contributed by atoms with Crippen LogP contribution in [0.2, 0.25) is 0 Å². The minimum atomic E-state index is -5.75. The van der Waals surface area contributed by atoms with Crippen LogP contribution in [0.3, 0.4) is 0 Å². The van der Waals surface area contributed by atoms with E-state index in [1.807, 2.05) is 0 Å². The lowest BCUT2D eigenvalue weighted by Gasteiger charge is -2.25. The van der Waals surface area contributed by atoms with Gasteiger partial charge >= 0.3 is 23.0 Å². The molecule has 20 nitrogen and oxygen atoms in total. The Morgan fingerprint density at radius 3 is 1.15 bits per heavy atom. The Bertz CT molecular complexity index is 663. The predicted octanol–water partition coefficient (Wildman–Crippen LogP) is -1.77. The van der Waals surface area contributed by atoms with Crippen LogP contribution in [0, 0.1) is 60.7 Å². The summed E-state index contributed by atoms with van der Waals surface area (Å²) in [6.45, 7) is 0.378. The first-order valence-electron chi connectivity index (χ1n) is 5.77. The van der Waals surface area contributed by atoms with Crippen molar-refractivity contribution in [2.75, 3.05) is 0 Å². The molecular weight excluding hydrogens is 380 g/mol. The van der Waals surface area contributed by atoms with Crippen LogP contribution < -0.4 is 0 Å². The van der Waals surface area contributed by atoms with Crippen molar-refractivity contribution in [3.63, 3.8) is 0 Å². The predicted molar refractivity (Wildman–Crippen MR) is 68.1 cm³/mol. The monoisotopic (exact) mass is 386 g/mol. The Labute approximate surface area is 137 Å². The van der Waals surface area contributed by atoms with Gasteiger partial charge < -0.3 is 5.11 Å². The fourth-order valence-corrected chi connectivity index (χ4v) is 2.35. The molecule has 0 saturated carbocycles. The van der Waals surface area contributed by atoms with Crippen LogP contribution in [0.25, 0.3) is 0 Å². The van der Waals surface area contributed by atoms with Crippen molar-refractivity contribution in [3.05, 3.63) is 60.7 Å². The van der Waals surface area contributed by atoms with E-state index in [9.17, 15) is 65.5 Å². The van der Waals surface area contributed by atoms with Crippen molar-refractivity contribution in [1.29, 1.82) is 0 Å². The van der Waals surface area contributed by atoms with Gasteiger partial charge in [-0.25, -0.2) is 4.79 Å². The Hall–Kier alpha value is -4.13. The molecule has 0 saturated heterocycles. The highest BCUT2D eigenvalue weighted by atomic mass is 16.8. The van der Waals surface area contributed by atoms with E-state index in [2.05, 4.69) is 0 Å². The molecule has 0 aliphatic carbocycles. The molecule has 144 valence electrons. The maximum atomic E-state index is 11.3. The second-order valence-corrected chi connectivity index (χ2v) is 4.37. The highest BCUT2D eigenvalue weighted by Gasteiger charge is 3.14. The van der Waals surface area contributed by atoms with Gasteiger partial charge in [-0.15, -0.1) is 0 Å². The van der Waals surface area contributed by atoms with Crippen LogP contribution in [0.4, 0.5) is 0 Å². The van der Waals surface area contributed by atoms with Crippen LogP contribution in [-0.2, 0) is 4.79 Å². The van der Waals surface area contributed by atoms with Crippen molar-refractivity contribution < 1.29 is 39.4 Å². The van der Waals surface area contributed by atoms with E-state index in [4.69, 9.17) is 5.11 Å². The molecule has 0 aliphatic heterocycles. The molecule has 0 aromatic rings. The molecule has 0 aromatic carbocycles. The minimum Gasteiger partial charge on any atom is -0.475 e. The van der Waals surface area contributed by atoms with Gasteiger partial charge in [-0.1, -0.05) is 6.92 Å². The molecule has 26 heavy (non-hydrogen) atoms. The largest absolute Gasteiger partial charge is 0.850 e. The van der Waals surface area contributed by atoms with Gasteiger partial charge in [-0.3, -0.25) is 60.7 Å². The molecule has 0 fully saturated rings. The first-order valence-corrected chi connectivity index (χ1v) is 5.77. The number of hydrogen-bond donors (Lipinski definition) is 1. The zero-order valence-electron chi connectivity index (χ0n) is 12.1. The Morgan fingerprint density at radius 1 is 0.731 bits per heavy atom. The minimum absolute atomic E-state index is 0.378. The highest BCUT2D eigenvalue weighted by molar-refractivity contribution is 5.78. The SMILES string of the molecule is CCC(C(=O)O)([N+](=O)[O-])C([N+](=O)[O-])([N+](=O)[O-])C([N+](=O)[O-])([N+](=O)[O-])[N+](=O)[O-]. The Balaban J connectivity index is 8.13. The van der Waals surface area contributed by atoms with Crippen molar-refractivity contribution in [2.45, 2.75) is 30.3 Å². The van der Waals surface area contributed by atoms with Gasteiger partial charge in [0.15, 0.2) is 14.8 Å². The molecule has 1 unspecified atom stereocenters. The standard InChI is InChI=1S/C6H6N6O14/c1-2-4(3(13)14,7(15)16)5(8(17)18,9(19)20)6(10(21)22,11(23)24)12(25)26/h2H2,1H3,(H,13,14). The topological polar surface area (TPSA) is 296 Å². The van der Waals surface area contributed by atoms with Crippen LogP contribution in [0.15, 0.2) is 0 Å². The second kappa shape index (κ2) is 6.40. The van der Waals surface area contributed by atoms with Gasteiger partial charge in [-0.05, 0) is 0 Å². The molecular formula is C6H6N6O14. The highest BCUT2D eigenvalue weighted by Crippen LogP contribution is 2.44. The molecule has 0 heterocycles. The number of rotatable bonds is 10. The van der Waals surface area contributed by atoms with E-state index >= 15 is 0 Å². The average molecular weight is 386 g/mol. The fourth-order valence-electron chi connectivity index (χ4n) is 2.35. The van der Waals surface area contributed by atoms with Crippen LogP contribution >= 0.6 is 0 Å². The molecule has 20 heteroatoms. The van der Waals surface area contributed by atoms with Crippen LogP contribution in [0.1, 0.15) is 13.3 Å². The van der Waals surface area contributed by atoms with Crippen molar-refractivity contribution >= 4 is 5.97 Å². The van der Waals surface area contributed by atoms with Crippen LogP contribution in [0.5, 0.6) is 0 Å². The summed E-state index contributed by atoms with van der Waals surface area (Å²) in [6.07, 6.45) is -1.82. The number of carbonyl (C=O) groups is 1. The first kappa shape index (κ1) is 21.9. The van der Waals surface area contributed by atoms with E-state index in [1.165, 1.54) is 0 Å². The molecule has 0 bridgehead atoms. The van der Waals surface area contributed by atoms with E-state index in [-0.39, 0.29) is 0 Å². The van der Waals surface area contributed by atoms with Gasteiger partial charge in [0, 0.05) is 6.42 Å². The van der Waals surface area contributed by atoms with Gasteiger partial charge in [0.05, 0.1) is 4.92 Å². The molecule has 0 aromatic heterocycles. The third kappa shape index (κ3) is 2.04. The smallest absolute Gasteiger partial charge is 0.475 e. The molecule has 0 amide bonds.